The Labute approximate surface area is 172 Å². The standard InChI is InChI=1S/C21H19ClN4OS/c1-21(2)10-14-17(15(27)11-21)18(16-8-5-9-28-16)26-20(23-14)24-19(25-26)12-6-3-4-7-13(12)22/h3-9,18H,10-11H2,1-2H3,(H,23,24,25). The number of nitrogens with one attached hydrogen (secondary N) is 1. The molecule has 2 aromatic heterocycles. The van der Waals surface area contributed by atoms with Gasteiger partial charge in [0.1, 0.15) is 6.04 Å². The molecule has 2 aliphatic rings. The molecule has 142 valence electrons. The first-order valence-corrected chi connectivity index (χ1v) is 10.5. The largest absolute Gasteiger partial charge is 0.328 e. The monoisotopic (exact) mass is 410 g/mol. The zero-order chi connectivity index (χ0) is 19.5. The van der Waals surface area contributed by atoms with Crippen LogP contribution >= 0.6 is 22.9 Å². The van der Waals surface area contributed by atoms with Crippen molar-refractivity contribution in [1.82, 2.24) is 14.8 Å². The Morgan fingerprint density at radius 3 is 2.79 bits per heavy atom. The van der Waals surface area contributed by atoms with Gasteiger partial charge in [-0.1, -0.05) is 43.6 Å². The van der Waals surface area contributed by atoms with E-state index in [9.17, 15) is 4.79 Å². The molecule has 0 bridgehead atoms. The van der Waals surface area contributed by atoms with Crippen LogP contribution in [0.5, 0.6) is 0 Å². The Morgan fingerprint density at radius 2 is 2.04 bits per heavy atom. The van der Waals surface area contributed by atoms with Crippen molar-refractivity contribution in [2.24, 2.45) is 5.41 Å². The number of carbonyl (C=O) groups excluding carboxylic acids is 1. The van der Waals surface area contributed by atoms with E-state index in [1.165, 1.54) is 0 Å². The zero-order valence-electron chi connectivity index (χ0n) is 15.6. The number of ketones is 1. The normalized spacial score (nSPS) is 20.5. The molecular weight excluding hydrogens is 392 g/mol. The molecule has 3 aromatic rings. The van der Waals surface area contributed by atoms with Gasteiger partial charge < -0.3 is 5.32 Å². The second kappa shape index (κ2) is 6.29. The van der Waals surface area contributed by atoms with E-state index >= 15 is 0 Å². The van der Waals surface area contributed by atoms with Crippen LogP contribution < -0.4 is 5.32 Å². The Bertz CT molecular complexity index is 1110. The fourth-order valence-electron chi connectivity index (χ4n) is 4.08. The SMILES string of the molecule is CC1(C)CC(=O)C2=C(C1)Nc1nc(-c3ccccc3Cl)nn1C2c1cccs1. The van der Waals surface area contributed by atoms with Crippen LogP contribution in [0.1, 0.15) is 37.6 Å². The summed E-state index contributed by atoms with van der Waals surface area (Å²) in [7, 11) is 0. The first-order chi connectivity index (χ1) is 13.4. The average Bonchev–Trinajstić information content (AvgIpc) is 3.28. The molecule has 1 aliphatic carbocycles. The summed E-state index contributed by atoms with van der Waals surface area (Å²) >= 11 is 8.00. The van der Waals surface area contributed by atoms with Crippen LogP contribution in [-0.2, 0) is 4.79 Å². The summed E-state index contributed by atoms with van der Waals surface area (Å²) < 4.78 is 1.83. The van der Waals surface area contributed by atoms with Crippen LogP contribution in [0, 0.1) is 5.41 Å². The van der Waals surface area contributed by atoms with Gasteiger partial charge in [0.25, 0.3) is 0 Å². The van der Waals surface area contributed by atoms with Crippen LogP contribution in [0.3, 0.4) is 0 Å². The maximum atomic E-state index is 13.1. The number of halogens is 1. The molecule has 0 radical (unpaired) electrons. The van der Waals surface area contributed by atoms with Crippen LogP contribution in [-0.4, -0.2) is 20.5 Å². The van der Waals surface area contributed by atoms with E-state index in [4.69, 9.17) is 21.7 Å². The molecule has 3 heterocycles. The molecule has 1 aromatic carbocycles. The molecule has 1 aliphatic heterocycles. The third-order valence-electron chi connectivity index (χ3n) is 5.26. The quantitative estimate of drug-likeness (QED) is 0.621. The van der Waals surface area contributed by atoms with Crippen molar-refractivity contribution >= 4 is 34.7 Å². The maximum Gasteiger partial charge on any atom is 0.226 e. The smallest absolute Gasteiger partial charge is 0.226 e. The van der Waals surface area contributed by atoms with Gasteiger partial charge in [-0.3, -0.25) is 4.79 Å². The van der Waals surface area contributed by atoms with Gasteiger partial charge in [0.05, 0.1) is 5.02 Å². The van der Waals surface area contributed by atoms with Crippen LogP contribution in [0.25, 0.3) is 11.4 Å². The first-order valence-electron chi connectivity index (χ1n) is 9.21. The molecule has 1 N–H and O–H groups in total. The van der Waals surface area contributed by atoms with E-state index in [1.54, 1.807) is 11.3 Å². The molecule has 5 rings (SSSR count). The number of carbonyl (C=O) groups is 1. The minimum absolute atomic E-state index is 0.0727. The Hall–Kier alpha value is -2.44. The van der Waals surface area contributed by atoms with Crippen LogP contribution in [0.4, 0.5) is 5.95 Å². The van der Waals surface area contributed by atoms with Crippen LogP contribution in [0.15, 0.2) is 53.0 Å². The van der Waals surface area contributed by atoms with Crippen molar-refractivity contribution in [1.29, 1.82) is 0 Å². The van der Waals surface area contributed by atoms with Crippen molar-refractivity contribution in [3.05, 3.63) is 62.9 Å². The maximum absolute atomic E-state index is 13.1. The van der Waals surface area contributed by atoms with Crippen molar-refractivity contribution in [2.45, 2.75) is 32.7 Å². The molecule has 0 spiro atoms. The molecule has 7 heteroatoms. The van der Waals surface area contributed by atoms with Gasteiger partial charge in [-0.15, -0.1) is 16.4 Å². The summed E-state index contributed by atoms with van der Waals surface area (Å²) in [6.45, 7) is 4.26. The van der Waals surface area contributed by atoms with Gasteiger partial charge in [0, 0.05) is 28.1 Å². The summed E-state index contributed by atoms with van der Waals surface area (Å²) in [6, 6.07) is 11.3. The highest BCUT2D eigenvalue weighted by atomic mass is 35.5. The molecule has 0 saturated carbocycles. The molecule has 0 amide bonds. The lowest BCUT2D eigenvalue weighted by molar-refractivity contribution is -0.118. The molecule has 1 atom stereocenters. The predicted octanol–water partition coefficient (Wildman–Crippen LogP) is 5.32. The van der Waals surface area contributed by atoms with E-state index in [2.05, 4.69) is 25.2 Å². The number of hydrogen-bond acceptors (Lipinski definition) is 5. The molecule has 0 saturated heterocycles. The van der Waals surface area contributed by atoms with E-state index in [-0.39, 0.29) is 17.2 Å². The summed E-state index contributed by atoms with van der Waals surface area (Å²) in [5.74, 6) is 1.39. The van der Waals surface area contributed by atoms with Crippen molar-refractivity contribution in [2.75, 3.05) is 5.32 Å². The van der Waals surface area contributed by atoms with Gasteiger partial charge in [0.2, 0.25) is 5.95 Å². The Balaban J connectivity index is 1.69. The highest BCUT2D eigenvalue weighted by Gasteiger charge is 2.42. The van der Waals surface area contributed by atoms with Gasteiger partial charge in [-0.2, -0.15) is 4.98 Å². The van der Waals surface area contributed by atoms with Crippen molar-refractivity contribution in [3.8, 4) is 11.4 Å². The summed E-state index contributed by atoms with van der Waals surface area (Å²) in [6.07, 6.45) is 1.35. The summed E-state index contributed by atoms with van der Waals surface area (Å²) in [4.78, 5) is 18.9. The minimum atomic E-state index is -0.251. The van der Waals surface area contributed by atoms with E-state index in [1.807, 2.05) is 40.4 Å². The third kappa shape index (κ3) is 2.79. The molecule has 0 fully saturated rings. The number of aromatic nitrogens is 3. The topological polar surface area (TPSA) is 59.8 Å². The summed E-state index contributed by atoms with van der Waals surface area (Å²) in [5, 5.41) is 10.8. The van der Waals surface area contributed by atoms with Gasteiger partial charge in [-0.05, 0) is 35.4 Å². The zero-order valence-corrected chi connectivity index (χ0v) is 17.1. The Kier molecular flexibility index (Phi) is 3.96. The van der Waals surface area contributed by atoms with Gasteiger partial charge in [-0.25, -0.2) is 4.68 Å². The van der Waals surface area contributed by atoms with Crippen LogP contribution in [0.2, 0.25) is 5.02 Å². The number of rotatable bonds is 2. The minimum Gasteiger partial charge on any atom is -0.328 e. The molecular formula is C21H19ClN4OS. The lowest BCUT2D eigenvalue weighted by atomic mass is 9.73. The predicted molar refractivity (Wildman–Crippen MR) is 112 cm³/mol. The van der Waals surface area contributed by atoms with E-state index in [0.717, 1.165) is 28.1 Å². The second-order valence-corrected chi connectivity index (χ2v) is 9.45. The average molecular weight is 411 g/mol. The number of allylic oxidation sites excluding steroid dienone is 2. The lowest BCUT2D eigenvalue weighted by Gasteiger charge is -2.37. The highest BCUT2D eigenvalue weighted by Crippen LogP contribution is 2.46. The number of hydrogen-bond donors (Lipinski definition) is 1. The molecule has 5 nitrogen and oxygen atoms in total. The highest BCUT2D eigenvalue weighted by molar-refractivity contribution is 7.10. The van der Waals surface area contributed by atoms with Crippen molar-refractivity contribution in [3.63, 3.8) is 0 Å². The number of anilines is 1. The number of Topliss-reactive ketones (excluding diaryl/α,β-unsaturated/α-hetero) is 1. The fourth-order valence-corrected chi connectivity index (χ4v) is 5.11. The Morgan fingerprint density at radius 1 is 1.21 bits per heavy atom. The third-order valence-corrected chi connectivity index (χ3v) is 6.51. The number of benzene rings is 1. The number of thiophene rings is 1. The van der Waals surface area contributed by atoms with E-state index < -0.39 is 0 Å². The van der Waals surface area contributed by atoms with Gasteiger partial charge in [0.15, 0.2) is 11.6 Å². The van der Waals surface area contributed by atoms with Crippen molar-refractivity contribution < 1.29 is 4.79 Å². The summed E-state index contributed by atoms with van der Waals surface area (Å²) in [5.41, 5.74) is 2.48. The lowest BCUT2D eigenvalue weighted by Crippen LogP contribution is -2.36. The van der Waals surface area contributed by atoms with Gasteiger partial charge >= 0.3 is 0 Å². The molecule has 28 heavy (non-hydrogen) atoms. The first kappa shape index (κ1) is 17.6. The number of fused-ring (bicyclic) bond motifs is 1. The number of nitrogens with zero attached hydrogens (tertiary/aromatic N) is 3. The fraction of sp³-hybridized carbons (Fsp3) is 0.286. The van der Waals surface area contributed by atoms with E-state index in [0.29, 0.717) is 23.2 Å². The second-order valence-electron chi connectivity index (χ2n) is 8.06. The molecule has 1 unspecified atom stereocenters.